The molecule has 3 nitrogen and oxygen atoms in total. The Morgan fingerprint density at radius 3 is 2.93 bits per heavy atom. The molecule has 1 aliphatic carbocycles. The van der Waals surface area contributed by atoms with Crippen molar-refractivity contribution in [3.63, 3.8) is 0 Å². The van der Waals surface area contributed by atoms with E-state index in [1.807, 2.05) is 12.1 Å². The minimum Gasteiger partial charge on any atom is -0.469 e. The first-order chi connectivity index (χ1) is 7.38. The molecule has 0 bridgehead atoms. The number of furan rings is 1. The van der Waals surface area contributed by atoms with E-state index < -0.39 is 0 Å². The summed E-state index contributed by atoms with van der Waals surface area (Å²) in [7, 11) is 0. The van der Waals surface area contributed by atoms with Crippen LogP contribution in [0.5, 0.6) is 0 Å². The van der Waals surface area contributed by atoms with Crippen molar-refractivity contribution in [2.75, 3.05) is 13.2 Å². The SMILES string of the molecule is OCC(CNC1CCC1)Cc1ccco1. The lowest BCUT2D eigenvalue weighted by Crippen LogP contribution is -2.39. The summed E-state index contributed by atoms with van der Waals surface area (Å²) in [6.45, 7) is 1.11. The first-order valence-electron chi connectivity index (χ1n) is 5.75. The average Bonchev–Trinajstić information content (AvgIpc) is 2.66. The zero-order chi connectivity index (χ0) is 10.5. The van der Waals surface area contributed by atoms with Gasteiger partial charge in [-0.2, -0.15) is 0 Å². The van der Waals surface area contributed by atoms with Gasteiger partial charge in [0.05, 0.1) is 6.26 Å². The van der Waals surface area contributed by atoms with Gasteiger partial charge in [-0.25, -0.2) is 0 Å². The highest BCUT2D eigenvalue weighted by Crippen LogP contribution is 2.18. The Morgan fingerprint density at radius 1 is 1.53 bits per heavy atom. The molecule has 0 radical (unpaired) electrons. The molecule has 1 aromatic rings. The second kappa shape index (κ2) is 5.33. The molecule has 1 fully saturated rings. The first kappa shape index (κ1) is 10.7. The molecule has 1 saturated carbocycles. The van der Waals surface area contributed by atoms with Crippen molar-refractivity contribution in [3.8, 4) is 0 Å². The van der Waals surface area contributed by atoms with Gasteiger partial charge in [0.25, 0.3) is 0 Å². The van der Waals surface area contributed by atoms with E-state index in [1.54, 1.807) is 6.26 Å². The summed E-state index contributed by atoms with van der Waals surface area (Å²) in [6, 6.07) is 4.55. The van der Waals surface area contributed by atoms with Crippen molar-refractivity contribution in [3.05, 3.63) is 24.2 Å². The van der Waals surface area contributed by atoms with Crippen molar-refractivity contribution >= 4 is 0 Å². The lowest BCUT2D eigenvalue weighted by atomic mass is 9.92. The van der Waals surface area contributed by atoms with E-state index >= 15 is 0 Å². The number of aliphatic hydroxyl groups excluding tert-OH is 1. The molecule has 1 aromatic heterocycles. The molecule has 84 valence electrons. The van der Waals surface area contributed by atoms with Gasteiger partial charge >= 0.3 is 0 Å². The Labute approximate surface area is 90.5 Å². The van der Waals surface area contributed by atoms with Crippen molar-refractivity contribution in [2.24, 2.45) is 5.92 Å². The van der Waals surface area contributed by atoms with Gasteiger partial charge in [-0.15, -0.1) is 0 Å². The molecule has 0 aromatic carbocycles. The summed E-state index contributed by atoms with van der Waals surface area (Å²) in [6.07, 6.45) is 6.43. The third kappa shape index (κ3) is 3.08. The Bertz CT molecular complexity index is 267. The summed E-state index contributed by atoms with van der Waals surface area (Å²) in [5.41, 5.74) is 0. The molecular formula is C12H19NO2. The second-order valence-corrected chi connectivity index (χ2v) is 4.37. The van der Waals surface area contributed by atoms with Crippen LogP contribution in [0.4, 0.5) is 0 Å². The molecular weight excluding hydrogens is 190 g/mol. The molecule has 1 heterocycles. The van der Waals surface area contributed by atoms with Gasteiger partial charge in [0.2, 0.25) is 0 Å². The number of aliphatic hydroxyl groups is 1. The zero-order valence-electron chi connectivity index (χ0n) is 8.98. The molecule has 1 unspecified atom stereocenters. The minimum atomic E-state index is 0.223. The third-order valence-corrected chi connectivity index (χ3v) is 3.13. The molecule has 15 heavy (non-hydrogen) atoms. The number of rotatable bonds is 6. The fourth-order valence-electron chi connectivity index (χ4n) is 1.86. The normalized spacial score (nSPS) is 18.7. The molecule has 2 N–H and O–H groups in total. The first-order valence-corrected chi connectivity index (χ1v) is 5.75. The second-order valence-electron chi connectivity index (χ2n) is 4.37. The lowest BCUT2D eigenvalue weighted by Gasteiger charge is -2.28. The van der Waals surface area contributed by atoms with Gasteiger partial charge in [-0.3, -0.25) is 0 Å². The van der Waals surface area contributed by atoms with Crippen LogP contribution in [0.3, 0.4) is 0 Å². The summed E-state index contributed by atoms with van der Waals surface area (Å²) < 4.78 is 5.27. The van der Waals surface area contributed by atoms with Crippen molar-refractivity contribution in [2.45, 2.75) is 31.7 Å². The molecule has 2 rings (SSSR count). The predicted octanol–water partition coefficient (Wildman–Crippen LogP) is 1.57. The summed E-state index contributed by atoms with van der Waals surface area (Å²) in [5.74, 6) is 1.24. The fourth-order valence-corrected chi connectivity index (χ4v) is 1.86. The van der Waals surface area contributed by atoms with Gasteiger partial charge < -0.3 is 14.8 Å². The smallest absolute Gasteiger partial charge is 0.104 e. The Kier molecular flexibility index (Phi) is 3.80. The molecule has 3 heteroatoms. The van der Waals surface area contributed by atoms with Crippen molar-refractivity contribution < 1.29 is 9.52 Å². The topological polar surface area (TPSA) is 45.4 Å². The molecule has 0 amide bonds. The van der Waals surface area contributed by atoms with Crippen LogP contribution in [0.25, 0.3) is 0 Å². The average molecular weight is 209 g/mol. The standard InChI is InChI=1S/C12H19NO2/c14-9-10(7-12-5-2-6-15-12)8-13-11-3-1-4-11/h2,5-6,10-11,13-14H,1,3-4,7-9H2. The number of hydrogen-bond donors (Lipinski definition) is 2. The van der Waals surface area contributed by atoms with E-state index in [9.17, 15) is 5.11 Å². The van der Waals surface area contributed by atoms with E-state index in [-0.39, 0.29) is 12.5 Å². The van der Waals surface area contributed by atoms with Gasteiger partial charge in [-0.1, -0.05) is 6.42 Å². The largest absolute Gasteiger partial charge is 0.469 e. The van der Waals surface area contributed by atoms with Crippen LogP contribution < -0.4 is 5.32 Å². The van der Waals surface area contributed by atoms with Gasteiger partial charge in [0, 0.05) is 31.5 Å². The van der Waals surface area contributed by atoms with E-state index in [1.165, 1.54) is 19.3 Å². The van der Waals surface area contributed by atoms with Crippen LogP contribution >= 0.6 is 0 Å². The number of nitrogens with one attached hydrogen (secondary N) is 1. The van der Waals surface area contributed by atoms with Crippen LogP contribution in [0, 0.1) is 5.92 Å². The maximum atomic E-state index is 9.25. The van der Waals surface area contributed by atoms with Gasteiger partial charge in [-0.05, 0) is 25.0 Å². The van der Waals surface area contributed by atoms with Crippen LogP contribution in [-0.2, 0) is 6.42 Å². The van der Waals surface area contributed by atoms with Crippen LogP contribution in [0.1, 0.15) is 25.0 Å². The van der Waals surface area contributed by atoms with Gasteiger partial charge in [0.15, 0.2) is 0 Å². The Morgan fingerprint density at radius 2 is 2.40 bits per heavy atom. The molecule has 1 atom stereocenters. The zero-order valence-corrected chi connectivity index (χ0v) is 8.98. The monoisotopic (exact) mass is 209 g/mol. The van der Waals surface area contributed by atoms with Crippen molar-refractivity contribution in [1.82, 2.24) is 5.32 Å². The van der Waals surface area contributed by atoms with Gasteiger partial charge in [0.1, 0.15) is 5.76 Å². The van der Waals surface area contributed by atoms with Crippen LogP contribution in [0.2, 0.25) is 0 Å². The summed E-state index contributed by atoms with van der Waals surface area (Å²) in [4.78, 5) is 0. The van der Waals surface area contributed by atoms with E-state index in [0.29, 0.717) is 6.04 Å². The van der Waals surface area contributed by atoms with E-state index in [0.717, 1.165) is 18.7 Å². The summed E-state index contributed by atoms with van der Waals surface area (Å²) >= 11 is 0. The Balaban J connectivity index is 1.71. The van der Waals surface area contributed by atoms with Crippen LogP contribution in [0.15, 0.2) is 22.8 Å². The van der Waals surface area contributed by atoms with Crippen molar-refractivity contribution in [1.29, 1.82) is 0 Å². The molecule has 1 aliphatic rings. The molecule has 0 spiro atoms. The summed E-state index contributed by atoms with van der Waals surface area (Å²) in [5, 5.41) is 12.7. The quantitative estimate of drug-likeness (QED) is 0.747. The Hall–Kier alpha value is -0.800. The number of hydrogen-bond acceptors (Lipinski definition) is 3. The fraction of sp³-hybridized carbons (Fsp3) is 0.667. The highest BCUT2D eigenvalue weighted by Gasteiger charge is 2.18. The minimum absolute atomic E-state index is 0.223. The predicted molar refractivity (Wildman–Crippen MR) is 58.6 cm³/mol. The molecule has 0 saturated heterocycles. The highest BCUT2D eigenvalue weighted by molar-refractivity contribution is 4.99. The van der Waals surface area contributed by atoms with E-state index in [4.69, 9.17) is 4.42 Å². The lowest BCUT2D eigenvalue weighted by molar-refractivity contribution is 0.203. The molecule has 0 aliphatic heterocycles. The maximum Gasteiger partial charge on any atom is 0.104 e. The third-order valence-electron chi connectivity index (χ3n) is 3.13. The highest BCUT2D eigenvalue weighted by atomic mass is 16.3. The van der Waals surface area contributed by atoms with E-state index in [2.05, 4.69) is 5.32 Å². The maximum absolute atomic E-state index is 9.25. The van der Waals surface area contributed by atoms with Crippen LogP contribution in [-0.4, -0.2) is 24.3 Å².